The zero-order chi connectivity index (χ0) is 31.7. The molecule has 1 fully saturated rings. The second-order valence-electron chi connectivity index (χ2n) is 9.93. The number of nitrogens with one attached hydrogen (secondary N) is 2. The predicted molar refractivity (Wildman–Crippen MR) is 147 cm³/mol. The topological polar surface area (TPSA) is 218 Å². The van der Waals surface area contributed by atoms with Crippen LogP contribution in [0.5, 0.6) is 5.75 Å². The van der Waals surface area contributed by atoms with Crippen LogP contribution in [0.4, 0.5) is 5.69 Å². The molecule has 3 rings (SSSR count). The van der Waals surface area contributed by atoms with Gasteiger partial charge in [0.2, 0.25) is 18.1 Å². The summed E-state index contributed by atoms with van der Waals surface area (Å²) >= 11 is 0. The van der Waals surface area contributed by atoms with Crippen LogP contribution in [0.25, 0.3) is 6.08 Å². The highest BCUT2D eigenvalue weighted by Crippen LogP contribution is 2.31. The molecular formula is C28H33N3O12. The molecule has 2 aliphatic heterocycles. The van der Waals surface area contributed by atoms with Gasteiger partial charge in [0.15, 0.2) is 6.10 Å². The minimum absolute atomic E-state index is 0.00207. The lowest BCUT2D eigenvalue weighted by molar-refractivity contribution is -0.238. The number of rotatable bonds is 13. The van der Waals surface area contributed by atoms with Crippen molar-refractivity contribution in [1.29, 1.82) is 0 Å². The number of benzene rings is 1. The predicted octanol–water partition coefficient (Wildman–Crippen LogP) is -0.431. The molecule has 2 heterocycles. The van der Waals surface area contributed by atoms with Crippen LogP contribution >= 0.6 is 0 Å². The maximum absolute atomic E-state index is 12.7. The molecule has 0 spiro atoms. The number of hydrogen-bond donors (Lipinski definition) is 5. The SMILES string of the molecule is CC(C)C(=O)OC/C=C/c1ccc(O[C@@H]2O[C@H](C(=O)O)C[C@H](O)[C@H]2O)c(NC(=O)CCNC(=O)CN2C(=O)C=CC2=O)c1. The molecule has 0 radical (unpaired) electrons. The average Bonchev–Trinajstić information content (AvgIpc) is 3.26. The van der Waals surface area contributed by atoms with E-state index in [1.54, 1.807) is 32.1 Å². The van der Waals surface area contributed by atoms with Gasteiger partial charge in [0.25, 0.3) is 11.8 Å². The van der Waals surface area contributed by atoms with Gasteiger partial charge in [-0.25, -0.2) is 4.79 Å². The van der Waals surface area contributed by atoms with Gasteiger partial charge in [-0.1, -0.05) is 26.0 Å². The van der Waals surface area contributed by atoms with E-state index in [4.69, 9.17) is 14.2 Å². The summed E-state index contributed by atoms with van der Waals surface area (Å²) in [5.74, 6) is -4.53. The number of nitrogens with zero attached hydrogens (tertiary/aromatic N) is 1. The average molecular weight is 604 g/mol. The van der Waals surface area contributed by atoms with Gasteiger partial charge in [0, 0.05) is 31.5 Å². The fourth-order valence-electron chi connectivity index (χ4n) is 3.87. The third kappa shape index (κ3) is 9.46. The van der Waals surface area contributed by atoms with Crippen molar-refractivity contribution in [2.75, 3.05) is 25.0 Å². The lowest BCUT2D eigenvalue weighted by Crippen LogP contribution is -2.52. The summed E-state index contributed by atoms with van der Waals surface area (Å²) in [5.41, 5.74) is 0.624. The maximum Gasteiger partial charge on any atom is 0.333 e. The molecule has 2 aliphatic rings. The van der Waals surface area contributed by atoms with Gasteiger partial charge < -0.3 is 40.2 Å². The van der Waals surface area contributed by atoms with Gasteiger partial charge in [-0.3, -0.25) is 28.9 Å². The van der Waals surface area contributed by atoms with Crippen molar-refractivity contribution < 1.29 is 58.3 Å². The third-order valence-electron chi connectivity index (χ3n) is 6.20. The number of aliphatic hydroxyl groups excluding tert-OH is 2. The molecule has 232 valence electrons. The first-order chi connectivity index (χ1) is 20.3. The number of carbonyl (C=O) groups is 6. The molecule has 0 unspecified atom stereocenters. The Bertz CT molecular complexity index is 1290. The Morgan fingerprint density at radius 1 is 1.12 bits per heavy atom. The highest BCUT2D eigenvalue weighted by atomic mass is 16.7. The van der Waals surface area contributed by atoms with Gasteiger partial charge in [-0.15, -0.1) is 0 Å². The van der Waals surface area contributed by atoms with Crippen LogP contribution in [-0.4, -0.2) is 100 Å². The molecule has 4 amide bonds. The first-order valence-electron chi connectivity index (χ1n) is 13.3. The van der Waals surface area contributed by atoms with Gasteiger partial charge >= 0.3 is 11.9 Å². The molecule has 0 saturated carbocycles. The summed E-state index contributed by atoms with van der Waals surface area (Å²) < 4.78 is 16.1. The van der Waals surface area contributed by atoms with Crippen molar-refractivity contribution >= 4 is 47.3 Å². The summed E-state index contributed by atoms with van der Waals surface area (Å²) in [4.78, 5) is 71.9. The van der Waals surface area contributed by atoms with Gasteiger partial charge in [-0.2, -0.15) is 0 Å². The fraction of sp³-hybridized carbons (Fsp3) is 0.429. The minimum atomic E-state index is -1.59. The fourth-order valence-corrected chi connectivity index (χ4v) is 3.87. The second-order valence-corrected chi connectivity index (χ2v) is 9.93. The van der Waals surface area contributed by atoms with E-state index in [-0.39, 0.29) is 49.3 Å². The number of amides is 4. The van der Waals surface area contributed by atoms with Gasteiger partial charge in [0.1, 0.15) is 25.0 Å². The number of carbonyl (C=O) groups excluding carboxylic acids is 5. The van der Waals surface area contributed by atoms with Crippen molar-refractivity contribution in [3.8, 4) is 5.75 Å². The summed E-state index contributed by atoms with van der Waals surface area (Å²) in [6, 6.07) is 4.48. The summed E-state index contributed by atoms with van der Waals surface area (Å²) in [6.07, 6.45) is -1.36. The van der Waals surface area contributed by atoms with Crippen molar-refractivity contribution in [3.05, 3.63) is 42.0 Å². The van der Waals surface area contributed by atoms with E-state index < -0.39 is 60.7 Å². The molecule has 0 bridgehead atoms. The molecule has 1 aromatic rings. The molecule has 0 aromatic heterocycles. The molecule has 1 aromatic carbocycles. The molecule has 0 aliphatic carbocycles. The number of carboxylic acid groups (broad SMARTS) is 1. The number of carboxylic acids is 1. The van der Waals surface area contributed by atoms with Crippen LogP contribution in [0, 0.1) is 5.92 Å². The van der Waals surface area contributed by atoms with E-state index in [1.165, 1.54) is 12.1 Å². The van der Waals surface area contributed by atoms with E-state index in [0.29, 0.717) is 5.56 Å². The highest BCUT2D eigenvalue weighted by Gasteiger charge is 2.41. The number of aliphatic hydroxyl groups is 2. The minimum Gasteiger partial charge on any atom is -0.479 e. The van der Waals surface area contributed by atoms with E-state index in [2.05, 4.69) is 10.6 Å². The Balaban J connectivity index is 1.68. The second kappa shape index (κ2) is 15.0. The van der Waals surface area contributed by atoms with Crippen LogP contribution < -0.4 is 15.4 Å². The lowest BCUT2D eigenvalue weighted by Gasteiger charge is -2.35. The third-order valence-corrected chi connectivity index (χ3v) is 6.20. The Kier molecular flexibility index (Phi) is 11.5. The number of aliphatic carboxylic acids is 1. The Hall–Kier alpha value is -4.60. The van der Waals surface area contributed by atoms with Gasteiger partial charge in [-0.05, 0) is 23.8 Å². The van der Waals surface area contributed by atoms with Crippen LogP contribution in [0.2, 0.25) is 0 Å². The van der Waals surface area contributed by atoms with E-state index in [9.17, 15) is 44.1 Å². The van der Waals surface area contributed by atoms with Crippen LogP contribution in [0.15, 0.2) is 36.4 Å². The lowest BCUT2D eigenvalue weighted by atomic mass is 10.0. The summed E-state index contributed by atoms with van der Waals surface area (Å²) in [7, 11) is 0. The Labute approximate surface area is 246 Å². The van der Waals surface area contributed by atoms with Crippen molar-refractivity contribution in [3.63, 3.8) is 0 Å². The highest BCUT2D eigenvalue weighted by molar-refractivity contribution is 6.14. The first-order valence-corrected chi connectivity index (χ1v) is 13.3. The van der Waals surface area contributed by atoms with E-state index >= 15 is 0 Å². The smallest absolute Gasteiger partial charge is 0.333 e. The number of imide groups is 1. The van der Waals surface area contributed by atoms with E-state index in [1.807, 2.05) is 0 Å². The monoisotopic (exact) mass is 603 g/mol. The summed E-state index contributed by atoms with van der Waals surface area (Å²) in [5, 5.41) is 34.8. The normalized spacial score (nSPS) is 21.7. The molecular weight excluding hydrogens is 570 g/mol. The maximum atomic E-state index is 12.7. The molecule has 1 saturated heterocycles. The molecule has 5 N–H and O–H groups in total. The zero-order valence-electron chi connectivity index (χ0n) is 23.4. The Morgan fingerprint density at radius 3 is 2.47 bits per heavy atom. The standard InChI is InChI=1S/C28H33N3O12/c1-15(2)27(40)41-11-3-4-16-5-6-19(42-28-25(37)18(32)13-20(43-28)26(38)39)17(12-16)30-21(33)9-10-29-22(34)14-31-23(35)7-8-24(31)36/h3-8,12,15,18,20,25,28,32,37H,9-11,13-14H2,1-2H3,(H,29,34)(H,30,33)(H,38,39)/b4-3+/t18-,20-,25+,28+/m0/s1. The van der Waals surface area contributed by atoms with Crippen molar-refractivity contribution in [2.24, 2.45) is 5.92 Å². The van der Waals surface area contributed by atoms with Crippen LogP contribution in [0.1, 0.15) is 32.3 Å². The quantitative estimate of drug-likeness (QED) is 0.143. The number of ether oxygens (including phenoxy) is 3. The number of esters is 1. The summed E-state index contributed by atoms with van der Waals surface area (Å²) in [6.45, 7) is 2.75. The molecule has 15 nitrogen and oxygen atoms in total. The van der Waals surface area contributed by atoms with Gasteiger partial charge in [0.05, 0.1) is 17.7 Å². The Morgan fingerprint density at radius 2 is 1.81 bits per heavy atom. The van der Waals surface area contributed by atoms with Crippen LogP contribution in [-0.2, 0) is 38.2 Å². The van der Waals surface area contributed by atoms with Crippen LogP contribution in [0.3, 0.4) is 0 Å². The zero-order valence-corrected chi connectivity index (χ0v) is 23.4. The molecule has 4 atom stereocenters. The van der Waals surface area contributed by atoms with E-state index in [0.717, 1.165) is 17.1 Å². The number of hydrogen-bond acceptors (Lipinski definition) is 11. The molecule has 15 heteroatoms. The first kappa shape index (κ1) is 32.9. The number of anilines is 1. The van der Waals surface area contributed by atoms with Crippen molar-refractivity contribution in [2.45, 2.75) is 51.3 Å². The van der Waals surface area contributed by atoms with Crippen molar-refractivity contribution in [1.82, 2.24) is 10.2 Å². The molecule has 43 heavy (non-hydrogen) atoms. The largest absolute Gasteiger partial charge is 0.479 e.